The highest BCUT2D eigenvalue weighted by molar-refractivity contribution is 5.98. The van der Waals surface area contributed by atoms with Gasteiger partial charge in [0.25, 0.3) is 5.91 Å². The molecule has 0 aromatic heterocycles. The molecule has 2 N–H and O–H groups in total. The van der Waals surface area contributed by atoms with Crippen LogP contribution >= 0.6 is 0 Å². The van der Waals surface area contributed by atoms with Gasteiger partial charge in [-0.15, -0.1) is 0 Å². The minimum Gasteiger partial charge on any atom is -0.480 e. The van der Waals surface area contributed by atoms with Crippen molar-refractivity contribution in [2.24, 2.45) is 0 Å². The van der Waals surface area contributed by atoms with Crippen molar-refractivity contribution in [3.05, 3.63) is 29.3 Å². The predicted octanol–water partition coefficient (Wildman–Crippen LogP) is 0.728. The Bertz CT molecular complexity index is 554. The SMILES string of the molecule is CN(CC(=O)O)C(=O)c1ccc2c(c1)CCC(=O)N2. The molecule has 2 amide bonds. The van der Waals surface area contributed by atoms with E-state index in [4.69, 9.17) is 5.11 Å². The number of likely N-dealkylation sites (N-methyl/N-ethyl adjacent to an activating group) is 1. The first kappa shape index (κ1) is 13.1. The van der Waals surface area contributed by atoms with Gasteiger partial charge in [0, 0.05) is 24.7 Å². The summed E-state index contributed by atoms with van der Waals surface area (Å²) in [5.74, 6) is -1.43. The van der Waals surface area contributed by atoms with Gasteiger partial charge in [0.05, 0.1) is 0 Å². The van der Waals surface area contributed by atoms with E-state index in [1.165, 1.54) is 7.05 Å². The van der Waals surface area contributed by atoms with Gasteiger partial charge in [-0.25, -0.2) is 0 Å². The summed E-state index contributed by atoms with van der Waals surface area (Å²) in [6.07, 6.45) is 0.987. The lowest BCUT2D eigenvalue weighted by molar-refractivity contribution is -0.137. The zero-order chi connectivity index (χ0) is 14.0. The fraction of sp³-hybridized carbons (Fsp3) is 0.308. The Labute approximate surface area is 110 Å². The van der Waals surface area contributed by atoms with Crippen molar-refractivity contribution >= 4 is 23.5 Å². The van der Waals surface area contributed by atoms with Crippen LogP contribution in [0.3, 0.4) is 0 Å². The van der Waals surface area contributed by atoms with E-state index < -0.39 is 5.97 Å². The van der Waals surface area contributed by atoms with E-state index >= 15 is 0 Å². The minimum atomic E-state index is -1.05. The molecule has 2 rings (SSSR count). The number of nitrogens with one attached hydrogen (secondary N) is 1. The molecule has 0 saturated heterocycles. The van der Waals surface area contributed by atoms with Gasteiger partial charge in [-0.2, -0.15) is 0 Å². The van der Waals surface area contributed by atoms with Crippen molar-refractivity contribution in [1.82, 2.24) is 4.90 Å². The third-order valence-corrected chi connectivity index (χ3v) is 2.97. The summed E-state index contributed by atoms with van der Waals surface area (Å²) in [5.41, 5.74) is 2.04. The van der Waals surface area contributed by atoms with E-state index in [-0.39, 0.29) is 18.4 Å². The number of hydrogen-bond acceptors (Lipinski definition) is 3. The van der Waals surface area contributed by atoms with Crippen LogP contribution in [0.2, 0.25) is 0 Å². The molecule has 0 radical (unpaired) electrons. The second-order valence-corrected chi connectivity index (χ2v) is 4.48. The van der Waals surface area contributed by atoms with Crippen molar-refractivity contribution in [2.45, 2.75) is 12.8 Å². The van der Waals surface area contributed by atoms with Crippen molar-refractivity contribution in [3.63, 3.8) is 0 Å². The van der Waals surface area contributed by atoms with Crippen LogP contribution in [0.4, 0.5) is 5.69 Å². The summed E-state index contributed by atoms with van der Waals surface area (Å²) >= 11 is 0. The maximum atomic E-state index is 12.0. The topological polar surface area (TPSA) is 86.7 Å². The summed E-state index contributed by atoms with van der Waals surface area (Å²) < 4.78 is 0. The van der Waals surface area contributed by atoms with Crippen LogP contribution in [-0.4, -0.2) is 41.4 Å². The van der Waals surface area contributed by atoms with Crippen molar-refractivity contribution in [2.75, 3.05) is 18.9 Å². The fourth-order valence-electron chi connectivity index (χ4n) is 2.01. The monoisotopic (exact) mass is 262 g/mol. The zero-order valence-corrected chi connectivity index (χ0v) is 10.5. The number of carbonyl (C=O) groups excluding carboxylic acids is 2. The average Bonchev–Trinajstić information content (AvgIpc) is 2.36. The molecular weight excluding hydrogens is 248 g/mol. The number of fused-ring (bicyclic) bond motifs is 1. The normalized spacial score (nSPS) is 13.4. The lowest BCUT2D eigenvalue weighted by Gasteiger charge is -2.19. The molecule has 0 aliphatic carbocycles. The number of nitrogens with zero attached hydrogens (tertiary/aromatic N) is 1. The van der Waals surface area contributed by atoms with E-state index in [1.54, 1.807) is 18.2 Å². The van der Waals surface area contributed by atoms with Gasteiger partial charge in [-0.1, -0.05) is 0 Å². The quantitative estimate of drug-likeness (QED) is 0.840. The molecule has 0 bridgehead atoms. The Hall–Kier alpha value is -2.37. The summed E-state index contributed by atoms with van der Waals surface area (Å²) in [5, 5.41) is 11.4. The maximum Gasteiger partial charge on any atom is 0.323 e. The minimum absolute atomic E-state index is 0.0328. The number of benzene rings is 1. The number of aliphatic carboxylic acids is 1. The second-order valence-electron chi connectivity index (χ2n) is 4.48. The third-order valence-electron chi connectivity index (χ3n) is 2.97. The van der Waals surface area contributed by atoms with Crippen LogP contribution < -0.4 is 5.32 Å². The molecule has 100 valence electrons. The van der Waals surface area contributed by atoms with Gasteiger partial charge in [-0.3, -0.25) is 14.4 Å². The van der Waals surface area contributed by atoms with Crippen molar-refractivity contribution < 1.29 is 19.5 Å². The van der Waals surface area contributed by atoms with E-state index in [2.05, 4.69) is 5.32 Å². The second kappa shape index (κ2) is 5.09. The standard InChI is InChI=1S/C13H14N2O4/c1-15(7-12(17)18)13(19)9-2-4-10-8(6-9)3-5-11(16)14-10/h2,4,6H,3,5,7H2,1H3,(H,14,16)(H,17,18). The highest BCUT2D eigenvalue weighted by Crippen LogP contribution is 2.23. The molecule has 0 atom stereocenters. The van der Waals surface area contributed by atoms with Crippen LogP contribution in [0.5, 0.6) is 0 Å². The Morgan fingerprint density at radius 2 is 2.11 bits per heavy atom. The Morgan fingerprint density at radius 1 is 1.37 bits per heavy atom. The molecule has 6 nitrogen and oxygen atoms in total. The maximum absolute atomic E-state index is 12.0. The van der Waals surface area contributed by atoms with Gasteiger partial charge in [0.1, 0.15) is 6.54 Å². The molecule has 1 aliphatic rings. The number of carboxylic acids is 1. The lowest BCUT2D eigenvalue weighted by atomic mass is 10.00. The largest absolute Gasteiger partial charge is 0.480 e. The molecule has 0 unspecified atom stereocenters. The summed E-state index contributed by atoms with van der Waals surface area (Å²) in [7, 11) is 1.44. The summed E-state index contributed by atoms with van der Waals surface area (Å²) in [6.45, 7) is -0.341. The van der Waals surface area contributed by atoms with Crippen LogP contribution in [-0.2, 0) is 16.0 Å². The molecule has 1 aliphatic heterocycles. The molecule has 19 heavy (non-hydrogen) atoms. The number of amides is 2. The molecular formula is C13H14N2O4. The smallest absolute Gasteiger partial charge is 0.323 e. The first-order chi connectivity index (χ1) is 8.97. The fourth-order valence-corrected chi connectivity index (χ4v) is 2.01. The number of rotatable bonds is 3. The van der Waals surface area contributed by atoms with Gasteiger partial charge in [0.2, 0.25) is 5.91 Å². The van der Waals surface area contributed by atoms with Gasteiger partial charge in [-0.05, 0) is 30.2 Å². The predicted molar refractivity (Wildman–Crippen MR) is 68.0 cm³/mol. The first-order valence-electron chi connectivity index (χ1n) is 5.87. The Kier molecular flexibility index (Phi) is 3.50. The zero-order valence-electron chi connectivity index (χ0n) is 10.5. The van der Waals surface area contributed by atoms with Crippen LogP contribution in [0.15, 0.2) is 18.2 Å². The number of anilines is 1. The lowest BCUT2D eigenvalue weighted by Crippen LogP contribution is -2.32. The van der Waals surface area contributed by atoms with Crippen LogP contribution in [0, 0.1) is 0 Å². The molecule has 0 fully saturated rings. The van der Waals surface area contributed by atoms with E-state index in [0.29, 0.717) is 24.1 Å². The van der Waals surface area contributed by atoms with Crippen LogP contribution in [0.25, 0.3) is 0 Å². The molecule has 6 heteroatoms. The van der Waals surface area contributed by atoms with E-state index in [0.717, 1.165) is 10.5 Å². The van der Waals surface area contributed by atoms with Crippen LogP contribution in [0.1, 0.15) is 22.3 Å². The Balaban J connectivity index is 2.20. The molecule has 1 aromatic carbocycles. The van der Waals surface area contributed by atoms with Crippen molar-refractivity contribution in [1.29, 1.82) is 0 Å². The number of carboxylic acid groups (broad SMARTS) is 1. The van der Waals surface area contributed by atoms with E-state index in [9.17, 15) is 14.4 Å². The Morgan fingerprint density at radius 3 is 2.79 bits per heavy atom. The van der Waals surface area contributed by atoms with Gasteiger partial charge in [0.15, 0.2) is 0 Å². The first-order valence-corrected chi connectivity index (χ1v) is 5.87. The summed E-state index contributed by atoms with van der Waals surface area (Å²) in [6, 6.07) is 4.97. The average molecular weight is 262 g/mol. The number of aryl methyl sites for hydroxylation is 1. The molecule has 1 aromatic rings. The van der Waals surface area contributed by atoms with Crippen molar-refractivity contribution in [3.8, 4) is 0 Å². The third kappa shape index (κ3) is 2.90. The highest BCUT2D eigenvalue weighted by atomic mass is 16.4. The molecule has 1 heterocycles. The van der Waals surface area contributed by atoms with Gasteiger partial charge < -0.3 is 15.3 Å². The highest BCUT2D eigenvalue weighted by Gasteiger charge is 2.19. The molecule has 0 spiro atoms. The summed E-state index contributed by atoms with van der Waals surface area (Å²) in [4.78, 5) is 34.9. The number of carbonyl (C=O) groups is 3. The van der Waals surface area contributed by atoms with E-state index in [1.807, 2.05) is 0 Å². The molecule has 0 saturated carbocycles. The van der Waals surface area contributed by atoms with Gasteiger partial charge >= 0.3 is 5.97 Å². The number of hydrogen-bond donors (Lipinski definition) is 2.